The van der Waals surface area contributed by atoms with Gasteiger partial charge in [-0.15, -0.1) is 0 Å². The second-order valence-electron chi connectivity index (χ2n) is 25.8. The maximum atomic E-state index is 4.72. The highest BCUT2D eigenvalue weighted by atomic mass is 15.2. The fraction of sp³-hybridized carbons (Fsp3) is 0.0108. The molecule has 0 saturated heterocycles. The fourth-order valence-electron chi connectivity index (χ4n) is 15.4. The number of fused-ring (bicyclic) bond motifs is 12. The standard InChI is InChI=1S/C93H63N5/c1-62-36-43-76(52-53-94(73-24-4-2-5-25-73)87-32-16-12-28-80(62)87)95(79-48-49-84-81-29-13-17-33-88(81)96(93(84)61-79)74-26-6-3-7-27-74)75-44-37-65(38-45-75)70-54-71(68-41-50-91-85(59-68)82-30-14-18-34-89(82)97(91)77-46-39-63-20-8-10-22-66(63)57-77)56-72(55-70)69-42-51-92-86(60-69)83-31-15-19-35-90(83)98(92)78-47-40-64-21-9-11-23-67(64)58-78/h2-52,54-61H,1,53H2/b43-36-,76-52+. The van der Waals surface area contributed by atoms with E-state index < -0.39 is 0 Å². The lowest BCUT2D eigenvalue weighted by Gasteiger charge is -2.29. The summed E-state index contributed by atoms with van der Waals surface area (Å²) in [4.78, 5) is 4.82. The van der Waals surface area contributed by atoms with Crippen LogP contribution in [0, 0.1) is 0 Å². The summed E-state index contributed by atoms with van der Waals surface area (Å²) in [5, 5.41) is 12.2. The molecule has 0 spiro atoms. The molecule has 5 nitrogen and oxygen atoms in total. The van der Waals surface area contributed by atoms with Crippen molar-refractivity contribution in [3.8, 4) is 50.4 Å². The van der Waals surface area contributed by atoms with Gasteiger partial charge in [0.1, 0.15) is 0 Å². The molecule has 3 aromatic heterocycles. The Bertz CT molecular complexity index is 6080. The molecule has 0 radical (unpaired) electrons. The Morgan fingerprint density at radius 1 is 0.265 bits per heavy atom. The lowest BCUT2D eigenvalue weighted by atomic mass is 9.92. The smallest absolute Gasteiger partial charge is 0.0561 e. The molecular weight excluding hydrogens is 1190 g/mol. The number of aromatic nitrogens is 3. The van der Waals surface area contributed by atoms with Crippen molar-refractivity contribution in [2.75, 3.05) is 16.3 Å². The van der Waals surface area contributed by atoms with E-state index in [-0.39, 0.29) is 0 Å². The molecule has 98 heavy (non-hydrogen) atoms. The Balaban J connectivity index is 0.790. The average molecular weight is 1250 g/mol. The van der Waals surface area contributed by atoms with Crippen molar-refractivity contribution in [2.45, 2.75) is 0 Å². The van der Waals surface area contributed by atoms with Crippen LogP contribution in [0.3, 0.4) is 0 Å². The molecule has 15 aromatic carbocycles. The molecule has 0 bridgehead atoms. The molecule has 4 heterocycles. The van der Waals surface area contributed by atoms with Crippen molar-refractivity contribution in [1.29, 1.82) is 0 Å². The lowest BCUT2D eigenvalue weighted by Crippen LogP contribution is -2.21. The van der Waals surface area contributed by atoms with Crippen molar-refractivity contribution in [3.05, 3.63) is 376 Å². The molecule has 1 aliphatic heterocycles. The Kier molecular flexibility index (Phi) is 13.4. The first-order chi connectivity index (χ1) is 48.5. The summed E-state index contributed by atoms with van der Waals surface area (Å²) in [6.45, 7) is 5.32. The summed E-state index contributed by atoms with van der Waals surface area (Å²) in [6.07, 6.45) is 6.80. The van der Waals surface area contributed by atoms with Crippen LogP contribution in [-0.2, 0) is 0 Å². The summed E-state index contributed by atoms with van der Waals surface area (Å²) < 4.78 is 7.26. The molecule has 0 N–H and O–H groups in total. The molecule has 0 saturated carbocycles. The van der Waals surface area contributed by atoms with Gasteiger partial charge >= 0.3 is 0 Å². The third kappa shape index (κ3) is 9.54. The van der Waals surface area contributed by atoms with Gasteiger partial charge in [0.25, 0.3) is 0 Å². The van der Waals surface area contributed by atoms with Gasteiger partial charge in [0.2, 0.25) is 0 Å². The van der Waals surface area contributed by atoms with Gasteiger partial charge in [-0.25, -0.2) is 0 Å². The van der Waals surface area contributed by atoms with Crippen molar-refractivity contribution < 1.29 is 0 Å². The summed E-state index contributed by atoms with van der Waals surface area (Å²) >= 11 is 0. The topological polar surface area (TPSA) is 21.3 Å². The summed E-state index contributed by atoms with van der Waals surface area (Å²) in [6, 6.07) is 125. The fourth-order valence-corrected chi connectivity index (χ4v) is 15.4. The first kappa shape index (κ1) is 56.6. The highest BCUT2D eigenvalue weighted by molar-refractivity contribution is 6.13. The van der Waals surface area contributed by atoms with E-state index in [4.69, 9.17) is 6.58 Å². The SMILES string of the molecule is C=C1/C=C\C(N(c2ccc(-c3cc(-c4ccc5c(c4)c4ccccc4n5-c4ccc5ccccc5c4)cc(-c4ccc5c(c4)c4ccccc4n5-c4ccc5ccccc5c4)c3)cc2)c2ccc3c4ccccc4n(-c4ccccc4)c3c2)=C/CN(c2ccccc2)c2ccccc21. The van der Waals surface area contributed by atoms with Gasteiger partial charge in [0, 0.05) is 89.9 Å². The Morgan fingerprint density at radius 2 is 0.704 bits per heavy atom. The molecule has 0 atom stereocenters. The van der Waals surface area contributed by atoms with Gasteiger partial charge in [-0.3, -0.25) is 0 Å². The van der Waals surface area contributed by atoms with E-state index in [0.717, 1.165) is 101 Å². The number of hydrogen-bond donors (Lipinski definition) is 0. The van der Waals surface area contributed by atoms with Crippen molar-refractivity contribution >= 4 is 115 Å². The van der Waals surface area contributed by atoms with Crippen LogP contribution in [0.25, 0.3) is 143 Å². The first-order valence-electron chi connectivity index (χ1n) is 33.7. The molecule has 0 fully saturated rings. The van der Waals surface area contributed by atoms with Crippen LogP contribution in [-0.4, -0.2) is 20.2 Å². The summed E-state index contributed by atoms with van der Waals surface area (Å²) in [5.74, 6) is 0. The van der Waals surface area contributed by atoms with E-state index in [1.807, 2.05) is 0 Å². The van der Waals surface area contributed by atoms with E-state index in [2.05, 4.69) is 381 Å². The van der Waals surface area contributed by atoms with Gasteiger partial charge in [-0.2, -0.15) is 0 Å². The number of allylic oxidation sites excluding steroid dienone is 3. The summed E-state index contributed by atoms with van der Waals surface area (Å²) in [7, 11) is 0. The third-order valence-electron chi connectivity index (χ3n) is 20.1. The van der Waals surface area contributed by atoms with Gasteiger partial charge in [0.15, 0.2) is 0 Å². The van der Waals surface area contributed by atoms with Crippen LogP contribution in [0.2, 0.25) is 0 Å². The number of benzene rings is 15. The predicted molar refractivity (Wildman–Crippen MR) is 416 cm³/mol. The second kappa shape index (κ2) is 23.2. The molecule has 0 aliphatic carbocycles. The van der Waals surface area contributed by atoms with Crippen LogP contribution in [0.15, 0.2) is 370 Å². The minimum absolute atomic E-state index is 0.607. The van der Waals surface area contributed by atoms with Crippen LogP contribution < -0.4 is 9.80 Å². The maximum absolute atomic E-state index is 4.72. The Morgan fingerprint density at radius 3 is 1.29 bits per heavy atom. The molecule has 18 aromatic rings. The molecular formula is C93H63N5. The predicted octanol–water partition coefficient (Wildman–Crippen LogP) is 24.7. The van der Waals surface area contributed by atoms with E-state index >= 15 is 0 Å². The van der Waals surface area contributed by atoms with Crippen LogP contribution in [0.5, 0.6) is 0 Å². The summed E-state index contributed by atoms with van der Waals surface area (Å²) in [5.41, 5.74) is 24.5. The number of hydrogen-bond acceptors (Lipinski definition) is 2. The zero-order chi connectivity index (χ0) is 64.8. The zero-order valence-electron chi connectivity index (χ0n) is 53.7. The van der Waals surface area contributed by atoms with Crippen molar-refractivity contribution in [1.82, 2.24) is 13.7 Å². The van der Waals surface area contributed by atoms with Crippen LogP contribution >= 0.6 is 0 Å². The molecule has 1 aliphatic rings. The molecule has 5 heteroatoms. The third-order valence-corrected chi connectivity index (χ3v) is 20.1. The Hall–Kier alpha value is -13.0. The van der Waals surface area contributed by atoms with E-state index in [1.165, 1.54) is 75.9 Å². The average Bonchev–Trinajstić information content (AvgIpc) is 1.58. The highest BCUT2D eigenvalue weighted by Gasteiger charge is 2.23. The number of para-hydroxylation sites is 6. The van der Waals surface area contributed by atoms with Crippen molar-refractivity contribution in [2.24, 2.45) is 0 Å². The van der Waals surface area contributed by atoms with Crippen LogP contribution in [0.4, 0.5) is 22.7 Å². The quantitative estimate of drug-likeness (QED) is 0.136. The maximum Gasteiger partial charge on any atom is 0.0561 e. The van der Waals surface area contributed by atoms with Gasteiger partial charge in [0.05, 0.1) is 33.1 Å². The molecule has 0 unspecified atom stereocenters. The normalized spacial score (nSPS) is 13.5. The number of rotatable bonds is 10. The monoisotopic (exact) mass is 1250 g/mol. The van der Waals surface area contributed by atoms with Crippen LogP contribution in [0.1, 0.15) is 5.56 Å². The molecule has 0 amide bonds. The van der Waals surface area contributed by atoms with E-state index in [1.54, 1.807) is 0 Å². The first-order valence-corrected chi connectivity index (χ1v) is 33.7. The van der Waals surface area contributed by atoms with Gasteiger partial charge < -0.3 is 23.5 Å². The number of nitrogens with zero attached hydrogens (tertiary/aromatic N) is 5. The minimum Gasteiger partial charge on any atom is -0.337 e. The second-order valence-corrected chi connectivity index (χ2v) is 25.8. The minimum atomic E-state index is 0.607. The van der Waals surface area contributed by atoms with Crippen molar-refractivity contribution in [3.63, 3.8) is 0 Å². The molecule has 460 valence electrons. The number of anilines is 4. The zero-order valence-corrected chi connectivity index (χ0v) is 53.7. The lowest BCUT2D eigenvalue weighted by molar-refractivity contribution is 1.07. The van der Waals surface area contributed by atoms with Gasteiger partial charge in [-0.05, 0) is 212 Å². The van der Waals surface area contributed by atoms with E-state index in [0.29, 0.717) is 6.54 Å². The van der Waals surface area contributed by atoms with E-state index in [9.17, 15) is 0 Å². The molecule has 19 rings (SSSR count). The Labute approximate surface area is 568 Å². The largest absolute Gasteiger partial charge is 0.337 e. The highest BCUT2D eigenvalue weighted by Crippen LogP contribution is 2.44. The van der Waals surface area contributed by atoms with Gasteiger partial charge in [-0.1, -0.05) is 213 Å².